The van der Waals surface area contributed by atoms with Crippen LogP contribution in [-0.2, 0) is 6.42 Å². The van der Waals surface area contributed by atoms with Crippen molar-refractivity contribution < 1.29 is 23.8 Å². The average Bonchev–Trinajstić information content (AvgIpc) is 3.39. The van der Waals surface area contributed by atoms with Crippen LogP contribution in [-0.4, -0.2) is 94.8 Å². The highest BCUT2D eigenvalue weighted by atomic mass is 16.7. The van der Waals surface area contributed by atoms with Gasteiger partial charge < -0.3 is 29.7 Å². The summed E-state index contributed by atoms with van der Waals surface area (Å²) in [6.07, 6.45) is 1.57. The van der Waals surface area contributed by atoms with Crippen molar-refractivity contribution in [1.82, 2.24) is 20.4 Å². The zero-order valence-electron chi connectivity index (χ0n) is 22.9. The second-order valence-corrected chi connectivity index (χ2v) is 10.2. The molecule has 2 aromatic rings. The fourth-order valence-corrected chi connectivity index (χ4v) is 5.03. The Kier molecular flexibility index (Phi) is 9.60. The van der Waals surface area contributed by atoms with Crippen LogP contribution >= 0.6 is 0 Å². The summed E-state index contributed by atoms with van der Waals surface area (Å²) in [6, 6.07) is 11.5. The van der Waals surface area contributed by atoms with Crippen LogP contribution in [0.25, 0.3) is 0 Å². The van der Waals surface area contributed by atoms with Gasteiger partial charge >= 0.3 is 0 Å². The number of nitrogens with one attached hydrogen (secondary N) is 2. The lowest BCUT2D eigenvalue weighted by Gasteiger charge is -2.38. The fraction of sp³-hybridized carbons (Fsp3) is 0.517. The molecule has 4 rings (SSSR count). The van der Waals surface area contributed by atoms with E-state index in [4.69, 9.17) is 14.2 Å². The number of methoxy groups -OCH3 is 1. The third-order valence-electron chi connectivity index (χ3n) is 7.27. The molecule has 2 unspecified atom stereocenters. The molecule has 2 heterocycles. The van der Waals surface area contributed by atoms with Crippen molar-refractivity contribution in [2.75, 3.05) is 67.3 Å². The molecule has 2 aliphatic heterocycles. The van der Waals surface area contributed by atoms with E-state index in [1.165, 1.54) is 12.7 Å². The van der Waals surface area contributed by atoms with Gasteiger partial charge in [0.25, 0.3) is 5.91 Å². The van der Waals surface area contributed by atoms with E-state index in [1.54, 1.807) is 18.2 Å². The highest BCUT2D eigenvalue weighted by Gasteiger charge is 2.29. The minimum atomic E-state index is -0.239. The molecular formula is C29H40N4O5. The monoisotopic (exact) mass is 524 g/mol. The second-order valence-electron chi connectivity index (χ2n) is 10.2. The zero-order valence-corrected chi connectivity index (χ0v) is 22.9. The number of fused-ring (bicyclic) bond motifs is 1. The number of Topliss-reactive ketones (excluding diaryl/α,β-unsaturated/α-hetero) is 1. The lowest BCUT2D eigenvalue weighted by Crippen LogP contribution is -2.54. The van der Waals surface area contributed by atoms with Gasteiger partial charge in [0.15, 0.2) is 17.3 Å². The Balaban J connectivity index is 1.45. The van der Waals surface area contributed by atoms with Gasteiger partial charge in [0.2, 0.25) is 6.79 Å². The van der Waals surface area contributed by atoms with Crippen LogP contribution in [0.5, 0.6) is 17.2 Å². The van der Waals surface area contributed by atoms with Crippen LogP contribution in [0.1, 0.15) is 39.6 Å². The smallest absolute Gasteiger partial charge is 0.255 e. The van der Waals surface area contributed by atoms with E-state index in [0.29, 0.717) is 30.0 Å². The number of piperazine rings is 1. The van der Waals surface area contributed by atoms with Gasteiger partial charge in [-0.25, -0.2) is 0 Å². The first kappa shape index (κ1) is 27.9. The van der Waals surface area contributed by atoms with Gasteiger partial charge in [-0.2, -0.15) is 0 Å². The molecule has 9 nitrogen and oxygen atoms in total. The van der Waals surface area contributed by atoms with Crippen molar-refractivity contribution in [3.63, 3.8) is 0 Å². The molecular weight excluding hydrogens is 484 g/mol. The summed E-state index contributed by atoms with van der Waals surface area (Å²) in [5.41, 5.74) is 2.11. The van der Waals surface area contributed by atoms with Crippen LogP contribution in [0.4, 0.5) is 0 Å². The van der Waals surface area contributed by atoms with E-state index < -0.39 is 0 Å². The average molecular weight is 525 g/mol. The molecule has 0 bridgehead atoms. The topological polar surface area (TPSA) is 92.4 Å². The predicted molar refractivity (Wildman–Crippen MR) is 146 cm³/mol. The van der Waals surface area contributed by atoms with Gasteiger partial charge in [-0.15, -0.1) is 0 Å². The fourth-order valence-electron chi connectivity index (χ4n) is 5.03. The largest absolute Gasteiger partial charge is 0.496 e. The zero-order chi connectivity index (χ0) is 27.1. The first-order valence-electron chi connectivity index (χ1n) is 13.4. The summed E-state index contributed by atoms with van der Waals surface area (Å²) in [5, 5.41) is 6.42. The SMILES string of the molecule is CCC(CN1CCNCC1Cc1ccc2c(c1)OCO2)C(=O)c1ccc(OC)c(C(=O)NCCN(C)C)c1. The van der Waals surface area contributed by atoms with Crippen LogP contribution < -0.4 is 24.8 Å². The summed E-state index contributed by atoms with van der Waals surface area (Å²) >= 11 is 0. The number of carbonyl (C=O) groups is 2. The maximum atomic E-state index is 13.7. The van der Waals surface area contributed by atoms with Crippen molar-refractivity contribution in [1.29, 1.82) is 0 Å². The first-order chi connectivity index (χ1) is 18.4. The van der Waals surface area contributed by atoms with E-state index in [2.05, 4.69) is 34.6 Å². The molecule has 1 fully saturated rings. The standard InChI is InChI=1S/C29H40N4O5/c1-5-21(28(34)22-7-9-25(36-4)24(16-22)29(35)31-11-12-32(2)3)18-33-13-10-30-17-23(33)14-20-6-8-26-27(15-20)38-19-37-26/h6-9,15-16,21,23,30H,5,10-14,17-19H2,1-4H3,(H,31,35). The molecule has 0 aliphatic carbocycles. The molecule has 0 radical (unpaired) electrons. The number of hydrogen-bond acceptors (Lipinski definition) is 8. The predicted octanol–water partition coefficient (Wildman–Crippen LogP) is 2.44. The minimum absolute atomic E-state index is 0.0536. The summed E-state index contributed by atoms with van der Waals surface area (Å²) in [6.45, 7) is 6.85. The molecule has 9 heteroatoms. The quantitative estimate of drug-likeness (QED) is 0.409. The van der Waals surface area contributed by atoms with E-state index in [0.717, 1.165) is 50.5 Å². The number of hydrogen-bond donors (Lipinski definition) is 2. The number of ketones is 1. The lowest BCUT2D eigenvalue weighted by atomic mass is 9.92. The van der Waals surface area contributed by atoms with E-state index in [9.17, 15) is 9.59 Å². The van der Waals surface area contributed by atoms with Crippen LogP contribution in [0.3, 0.4) is 0 Å². The maximum absolute atomic E-state index is 13.7. The molecule has 1 saturated heterocycles. The first-order valence-corrected chi connectivity index (χ1v) is 13.4. The van der Waals surface area contributed by atoms with Gasteiger partial charge in [0.1, 0.15) is 5.75 Å². The molecule has 0 saturated carbocycles. The summed E-state index contributed by atoms with van der Waals surface area (Å²) in [5.74, 6) is 1.68. The number of ether oxygens (including phenoxy) is 3. The number of nitrogens with zero attached hydrogens (tertiary/aromatic N) is 2. The Labute approximate surface area is 225 Å². The Morgan fingerprint density at radius 3 is 2.76 bits per heavy atom. The highest BCUT2D eigenvalue weighted by molar-refractivity contribution is 6.03. The number of carbonyl (C=O) groups excluding carboxylic acids is 2. The van der Waals surface area contributed by atoms with Crippen molar-refractivity contribution in [2.24, 2.45) is 5.92 Å². The molecule has 2 atom stereocenters. The third kappa shape index (κ3) is 6.83. The van der Waals surface area contributed by atoms with Gasteiger partial charge in [-0.05, 0) is 62.8 Å². The Bertz CT molecular complexity index is 1120. The lowest BCUT2D eigenvalue weighted by molar-refractivity contribution is 0.0816. The second kappa shape index (κ2) is 13.1. The molecule has 1 amide bonds. The summed E-state index contributed by atoms with van der Waals surface area (Å²) < 4.78 is 16.4. The van der Waals surface area contributed by atoms with E-state index in [-0.39, 0.29) is 30.4 Å². The normalized spacial score (nSPS) is 17.9. The number of benzene rings is 2. The maximum Gasteiger partial charge on any atom is 0.255 e. The van der Waals surface area contributed by atoms with Crippen molar-refractivity contribution in [3.8, 4) is 17.2 Å². The van der Waals surface area contributed by atoms with Gasteiger partial charge in [0.05, 0.1) is 12.7 Å². The number of amides is 1. The highest BCUT2D eigenvalue weighted by Crippen LogP contribution is 2.33. The van der Waals surface area contributed by atoms with Crippen LogP contribution in [0.2, 0.25) is 0 Å². The molecule has 206 valence electrons. The summed E-state index contributed by atoms with van der Waals surface area (Å²) in [7, 11) is 5.44. The number of likely N-dealkylation sites (N-methyl/N-ethyl adjacent to an activating group) is 1. The molecule has 0 aromatic heterocycles. The Morgan fingerprint density at radius 1 is 1.18 bits per heavy atom. The van der Waals surface area contributed by atoms with Crippen molar-refractivity contribution >= 4 is 11.7 Å². The van der Waals surface area contributed by atoms with E-state index in [1.807, 2.05) is 25.1 Å². The minimum Gasteiger partial charge on any atom is -0.496 e. The summed E-state index contributed by atoms with van der Waals surface area (Å²) in [4.78, 5) is 31.0. The molecule has 2 N–H and O–H groups in total. The molecule has 2 aliphatic rings. The number of rotatable bonds is 12. The van der Waals surface area contributed by atoms with Gasteiger partial charge in [0, 0.05) is 56.8 Å². The molecule has 2 aromatic carbocycles. The van der Waals surface area contributed by atoms with Crippen molar-refractivity contribution in [2.45, 2.75) is 25.8 Å². The Hall–Kier alpha value is -3.14. The Morgan fingerprint density at radius 2 is 2.00 bits per heavy atom. The van der Waals surface area contributed by atoms with Crippen molar-refractivity contribution in [3.05, 3.63) is 53.1 Å². The molecule has 0 spiro atoms. The van der Waals surface area contributed by atoms with E-state index >= 15 is 0 Å². The van der Waals surface area contributed by atoms with Gasteiger partial charge in [-0.3, -0.25) is 14.5 Å². The van der Waals surface area contributed by atoms with Gasteiger partial charge in [-0.1, -0.05) is 13.0 Å². The molecule has 38 heavy (non-hydrogen) atoms. The van der Waals surface area contributed by atoms with Crippen LogP contribution in [0, 0.1) is 5.92 Å². The van der Waals surface area contributed by atoms with Crippen LogP contribution in [0.15, 0.2) is 36.4 Å². The third-order valence-corrected chi connectivity index (χ3v) is 7.27.